The first-order valence-corrected chi connectivity index (χ1v) is 7.42. The molecule has 1 unspecified atom stereocenters. The van der Waals surface area contributed by atoms with Crippen molar-refractivity contribution >= 4 is 22.4 Å². The van der Waals surface area contributed by atoms with Gasteiger partial charge in [0, 0.05) is 28.8 Å². The number of rotatable bonds is 5. The van der Waals surface area contributed by atoms with Gasteiger partial charge in [0.15, 0.2) is 0 Å². The van der Waals surface area contributed by atoms with E-state index in [1.54, 1.807) is 18.2 Å². The van der Waals surface area contributed by atoms with Gasteiger partial charge in [0.05, 0.1) is 10.8 Å². The van der Waals surface area contributed by atoms with Gasteiger partial charge in [-0.1, -0.05) is 6.07 Å². The van der Waals surface area contributed by atoms with Crippen molar-refractivity contribution in [2.45, 2.75) is 37.1 Å². The van der Waals surface area contributed by atoms with Crippen LogP contribution in [0, 0.1) is 6.92 Å². The molecule has 0 radical (unpaired) electrons. The van der Waals surface area contributed by atoms with Gasteiger partial charge < -0.3 is 11.1 Å². The van der Waals surface area contributed by atoms with Gasteiger partial charge in [-0.15, -0.1) is 0 Å². The number of nitrogen functional groups attached to an aromatic ring is 1. The van der Waals surface area contributed by atoms with Crippen LogP contribution in [-0.4, -0.2) is 21.9 Å². The van der Waals surface area contributed by atoms with E-state index in [-0.39, 0.29) is 5.91 Å². The molecule has 1 aliphatic carbocycles. The van der Waals surface area contributed by atoms with Crippen molar-refractivity contribution in [3.05, 3.63) is 23.8 Å². The zero-order valence-corrected chi connectivity index (χ0v) is 11.3. The molecule has 0 aliphatic heterocycles. The zero-order chi connectivity index (χ0) is 13.1. The van der Waals surface area contributed by atoms with Crippen molar-refractivity contribution in [3.8, 4) is 0 Å². The van der Waals surface area contributed by atoms with Crippen LogP contribution in [0.15, 0.2) is 23.1 Å². The number of hydrogen-bond acceptors (Lipinski definition) is 3. The molecular formula is C13H18N2O2S. The van der Waals surface area contributed by atoms with Crippen molar-refractivity contribution in [1.29, 1.82) is 0 Å². The summed E-state index contributed by atoms with van der Waals surface area (Å²) in [7, 11) is -1.16. The van der Waals surface area contributed by atoms with E-state index in [9.17, 15) is 9.00 Å². The highest BCUT2D eigenvalue weighted by Gasteiger charge is 2.23. The van der Waals surface area contributed by atoms with Gasteiger partial charge in [0.1, 0.15) is 0 Å². The molecule has 1 aromatic rings. The number of hydrogen-bond donors (Lipinski definition) is 2. The van der Waals surface area contributed by atoms with E-state index in [1.807, 2.05) is 6.92 Å². The molecule has 4 nitrogen and oxygen atoms in total. The minimum Gasteiger partial charge on any atom is -0.398 e. The predicted octanol–water partition coefficient (Wildman–Crippen LogP) is 1.35. The number of carbonyl (C=O) groups excluding carboxylic acids is 1. The summed E-state index contributed by atoms with van der Waals surface area (Å²) in [5.41, 5.74) is 7.26. The maximum Gasteiger partial charge on any atom is 0.221 e. The number of nitrogens with two attached hydrogens (primary N) is 1. The first-order chi connectivity index (χ1) is 8.58. The average Bonchev–Trinajstić information content (AvgIpc) is 3.13. The maximum atomic E-state index is 12.1. The third kappa shape index (κ3) is 3.32. The van der Waals surface area contributed by atoms with Crippen LogP contribution >= 0.6 is 0 Å². The second-order valence-electron chi connectivity index (χ2n) is 4.61. The predicted molar refractivity (Wildman–Crippen MR) is 72.6 cm³/mol. The van der Waals surface area contributed by atoms with Crippen molar-refractivity contribution in [2.24, 2.45) is 0 Å². The van der Waals surface area contributed by atoms with Crippen LogP contribution in [0.2, 0.25) is 0 Å². The quantitative estimate of drug-likeness (QED) is 0.790. The van der Waals surface area contributed by atoms with Crippen molar-refractivity contribution in [1.82, 2.24) is 5.32 Å². The molecule has 0 saturated heterocycles. The second-order valence-corrected chi connectivity index (χ2v) is 6.15. The Morgan fingerprint density at radius 3 is 2.89 bits per heavy atom. The standard InChI is InChI=1S/C13H18N2O2S/c1-9-11(14)3-2-4-12(9)18(17)8-7-13(16)15-10-5-6-10/h2-4,10H,5-8,14H2,1H3,(H,15,16). The molecule has 1 amide bonds. The van der Waals surface area contributed by atoms with E-state index >= 15 is 0 Å². The van der Waals surface area contributed by atoms with Crippen molar-refractivity contribution < 1.29 is 9.00 Å². The summed E-state index contributed by atoms with van der Waals surface area (Å²) in [6.07, 6.45) is 2.45. The highest BCUT2D eigenvalue weighted by atomic mass is 32.2. The lowest BCUT2D eigenvalue weighted by molar-refractivity contribution is -0.120. The lowest BCUT2D eigenvalue weighted by Gasteiger charge is -2.08. The minimum absolute atomic E-state index is 0.00703. The lowest BCUT2D eigenvalue weighted by atomic mass is 10.2. The lowest BCUT2D eigenvalue weighted by Crippen LogP contribution is -2.26. The molecular weight excluding hydrogens is 248 g/mol. The summed E-state index contributed by atoms with van der Waals surface area (Å²) in [5, 5.41) is 2.89. The first-order valence-electron chi connectivity index (χ1n) is 6.11. The maximum absolute atomic E-state index is 12.1. The number of anilines is 1. The van der Waals surface area contributed by atoms with Gasteiger partial charge in [-0.2, -0.15) is 0 Å². The molecule has 0 spiro atoms. The van der Waals surface area contributed by atoms with Crippen LogP contribution in [0.3, 0.4) is 0 Å². The van der Waals surface area contributed by atoms with Gasteiger partial charge in [-0.05, 0) is 37.5 Å². The van der Waals surface area contributed by atoms with Crippen LogP contribution in [0.25, 0.3) is 0 Å². The Morgan fingerprint density at radius 2 is 2.22 bits per heavy atom. The molecule has 3 N–H and O–H groups in total. The molecule has 2 rings (SSSR count). The highest BCUT2D eigenvalue weighted by molar-refractivity contribution is 7.85. The summed E-state index contributed by atoms with van der Waals surface area (Å²) in [5.74, 6) is 0.343. The van der Waals surface area contributed by atoms with Gasteiger partial charge in [0.25, 0.3) is 0 Å². The molecule has 0 aromatic heterocycles. The smallest absolute Gasteiger partial charge is 0.221 e. The summed E-state index contributed by atoms with van der Waals surface area (Å²) < 4.78 is 12.1. The number of nitrogens with one attached hydrogen (secondary N) is 1. The Hall–Kier alpha value is -1.36. The fourth-order valence-corrected chi connectivity index (χ4v) is 2.98. The normalized spacial score (nSPS) is 16.3. The number of carbonyl (C=O) groups is 1. The van der Waals surface area contributed by atoms with Crippen molar-refractivity contribution in [2.75, 3.05) is 11.5 Å². The summed E-state index contributed by atoms with van der Waals surface area (Å²) in [4.78, 5) is 12.2. The minimum atomic E-state index is -1.16. The Morgan fingerprint density at radius 1 is 1.50 bits per heavy atom. The Balaban J connectivity index is 1.90. The average molecular weight is 266 g/mol. The molecule has 1 aliphatic rings. The van der Waals surface area contributed by atoms with E-state index in [2.05, 4.69) is 5.32 Å². The van der Waals surface area contributed by atoms with Gasteiger partial charge in [-0.3, -0.25) is 9.00 Å². The molecule has 5 heteroatoms. The fourth-order valence-electron chi connectivity index (χ4n) is 1.70. The Labute approximate surface area is 109 Å². The van der Waals surface area contributed by atoms with Crippen LogP contribution in [0.1, 0.15) is 24.8 Å². The molecule has 1 atom stereocenters. The van der Waals surface area contributed by atoms with Crippen LogP contribution < -0.4 is 11.1 Å². The first kappa shape index (κ1) is 13.1. The van der Waals surface area contributed by atoms with Crippen LogP contribution in [0.4, 0.5) is 5.69 Å². The van der Waals surface area contributed by atoms with Gasteiger partial charge >= 0.3 is 0 Å². The molecule has 1 saturated carbocycles. The topological polar surface area (TPSA) is 72.2 Å². The van der Waals surface area contributed by atoms with Crippen LogP contribution in [0.5, 0.6) is 0 Å². The van der Waals surface area contributed by atoms with Gasteiger partial charge in [0.2, 0.25) is 5.91 Å². The molecule has 0 heterocycles. The van der Waals surface area contributed by atoms with E-state index in [0.717, 1.165) is 23.3 Å². The SMILES string of the molecule is Cc1c(N)cccc1S(=O)CCC(=O)NC1CC1. The fraction of sp³-hybridized carbons (Fsp3) is 0.462. The number of amides is 1. The largest absolute Gasteiger partial charge is 0.398 e. The molecule has 18 heavy (non-hydrogen) atoms. The summed E-state index contributed by atoms with van der Waals surface area (Å²) in [6, 6.07) is 5.75. The highest BCUT2D eigenvalue weighted by Crippen LogP contribution is 2.20. The third-order valence-corrected chi connectivity index (χ3v) is 4.54. The molecule has 98 valence electrons. The van der Waals surface area contributed by atoms with Crippen LogP contribution in [-0.2, 0) is 15.6 Å². The summed E-state index contributed by atoms with van der Waals surface area (Å²) in [6.45, 7) is 1.85. The van der Waals surface area contributed by atoms with Crippen molar-refractivity contribution in [3.63, 3.8) is 0 Å². The van der Waals surface area contributed by atoms with Gasteiger partial charge in [-0.25, -0.2) is 0 Å². The molecule has 1 aromatic carbocycles. The van der Waals surface area contributed by atoms with E-state index < -0.39 is 10.8 Å². The number of benzene rings is 1. The monoisotopic (exact) mass is 266 g/mol. The Kier molecular flexibility index (Phi) is 4.01. The third-order valence-electron chi connectivity index (χ3n) is 3.03. The van der Waals surface area contributed by atoms with E-state index in [1.165, 1.54) is 0 Å². The summed E-state index contributed by atoms with van der Waals surface area (Å²) >= 11 is 0. The molecule has 0 bridgehead atoms. The molecule has 1 fully saturated rings. The zero-order valence-electron chi connectivity index (χ0n) is 10.4. The Bertz CT molecular complexity index is 484. The van der Waals surface area contributed by atoms with E-state index in [4.69, 9.17) is 5.73 Å². The second kappa shape index (κ2) is 5.52. The van der Waals surface area contributed by atoms with E-state index in [0.29, 0.717) is 23.9 Å².